The standard InChI is InChI=1S/C23H22F2N4O3/c1-27-19-10-14(13-29(2)23(19)31)17-12-16(28-22(30)4-3-9-26)6-8-20(17)32-21-7-5-15(24)11-18(21)25/h3-8,10-13,27H,9,26H2,1-2H3,(H,28,30)/b4-3+. The quantitative estimate of drug-likeness (QED) is 0.488. The molecule has 0 aliphatic heterocycles. The van der Waals surface area contributed by atoms with E-state index in [-0.39, 0.29) is 29.5 Å². The number of nitrogens with one attached hydrogen (secondary N) is 2. The predicted molar refractivity (Wildman–Crippen MR) is 120 cm³/mol. The summed E-state index contributed by atoms with van der Waals surface area (Å²) in [6, 6.07) is 9.36. The van der Waals surface area contributed by atoms with Crippen molar-refractivity contribution in [2.45, 2.75) is 0 Å². The zero-order chi connectivity index (χ0) is 23.3. The maximum atomic E-state index is 14.2. The fourth-order valence-corrected chi connectivity index (χ4v) is 3.00. The monoisotopic (exact) mass is 440 g/mol. The van der Waals surface area contributed by atoms with Crippen LogP contribution in [0, 0.1) is 11.6 Å². The molecule has 0 radical (unpaired) electrons. The van der Waals surface area contributed by atoms with E-state index in [1.807, 2.05) is 0 Å². The minimum absolute atomic E-state index is 0.172. The number of carbonyl (C=O) groups excluding carboxylic acids is 1. The predicted octanol–water partition coefficient (Wildman–Crippen LogP) is 3.62. The summed E-state index contributed by atoms with van der Waals surface area (Å²) in [7, 11) is 3.21. The Labute approximate surface area is 183 Å². The van der Waals surface area contributed by atoms with Crippen LogP contribution in [0.1, 0.15) is 0 Å². The van der Waals surface area contributed by atoms with E-state index in [4.69, 9.17) is 10.5 Å². The second-order valence-electron chi connectivity index (χ2n) is 6.82. The summed E-state index contributed by atoms with van der Waals surface area (Å²) in [5.74, 6) is -1.90. The lowest BCUT2D eigenvalue weighted by atomic mass is 10.0. The van der Waals surface area contributed by atoms with Crippen LogP contribution in [0.2, 0.25) is 0 Å². The van der Waals surface area contributed by atoms with Crippen LogP contribution in [-0.4, -0.2) is 24.1 Å². The van der Waals surface area contributed by atoms with E-state index in [1.54, 1.807) is 44.6 Å². The van der Waals surface area contributed by atoms with Crippen molar-refractivity contribution in [3.63, 3.8) is 0 Å². The van der Waals surface area contributed by atoms with Crippen LogP contribution in [0.5, 0.6) is 11.5 Å². The van der Waals surface area contributed by atoms with Crippen molar-refractivity contribution in [1.29, 1.82) is 0 Å². The van der Waals surface area contributed by atoms with Gasteiger partial charge in [0.2, 0.25) is 5.91 Å². The smallest absolute Gasteiger partial charge is 0.273 e. The molecule has 32 heavy (non-hydrogen) atoms. The van der Waals surface area contributed by atoms with E-state index >= 15 is 0 Å². The lowest BCUT2D eigenvalue weighted by molar-refractivity contribution is -0.111. The summed E-state index contributed by atoms with van der Waals surface area (Å²) >= 11 is 0. The molecule has 3 aromatic rings. The van der Waals surface area contributed by atoms with Crippen LogP contribution in [0.25, 0.3) is 11.1 Å². The van der Waals surface area contributed by atoms with Gasteiger partial charge in [-0.25, -0.2) is 8.78 Å². The number of pyridine rings is 1. The average molecular weight is 440 g/mol. The van der Waals surface area contributed by atoms with Crippen LogP contribution in [0.3, 0.4) is 0 Å². The number of anilines is 2. The Morgan fingerprint density at radius 2 is 1.91 bits per heavy atom. The first-order valence-electron chi connectivity index (χ1n) is 9.65. The number of hydrogen-bond acceptors (Lipinski definition) is 5. The van der Waals surface area contributed by atoms with Crippen molar-refractivity contribution in [2.75, 3.05) is 24.2 Å². The van der Waals surface area contributed by atoms with Gasteiger partial charge < -0.3 is 25.7 Å². The molecule has 4 N–H and O–H groups in total. The van der Waals surface area contributed by atoms with Crippen LogP contribution in [0.15, 0.2) is 65.6 Å². The number of hydrogen-bond donors (Lipinski definition) is 3. The molecule has 0 bridgehead atoms. The van der Waals surface area contributed by atoms with Crippen molar-refractivity contribution in [2.24, 2.45) is 12.8 Å². The van der Waals surface area contributed by atoms with Crippen LogP contribution in [-0.2, 0) is 11.8 Å². The first-order valence-corrected chi connectivity index (χ1v) is 9.65. The number of nitrogens with two attached hydrogens (primary N) is 1. The lowest BCUT2D eigenvalue weighted by Gasteiger charge is -2.15. The van der Waals surface area contributed by atoms with Gasteiger partial charge in [0.05, 0.1) is 0 Å². The molecule has 0 spiro atoms. The Morgan fingerprint density at radius 3 is 2.59 bits per heavy atom. The molecule has 9 heteroatoms. The summed E-state index contributed by atoms with van der Waals surface area (Å²) in [5, 5.41) is 5.54. The second-order valence-corrected chi connectivity index (χ2v) is 6.82. The molecule has 0 fully saturated rings. The molecule has 166 valence electrons. The van der Waals surface area contributed by atoms with E-state index < -0.39 is 11.6 Å². The minimum Gasteiger partial charge on any atom is -0.454 e. The van der Waals surface area contributed by atoms with Crippen LogP contribution >= 0.6 is 0 Å². The second kappa shape index (κ2) is 9.88. The number of amides is 1. The third kappa shape index (κ3) is 5.19. The first-order chi connectivity index (χ1) is 15.3. The molecule has 1 aromatic heterocycles. The van der Waals surface area contributed by atoms with E-state index in [0.29, 0.717) is 22.5 Å². The van der Waals surface area contributed by atoms with E-state index in [1.165, 1.54) is 22.8 Å². The van der Waals surface area contributed by atoms with Gasteiger partial charge in [0, 0.05) is 55.8 Å². The van der Waals surface area contributed by atoms with Gasteiger partial charge in [-0.15, -0.1) is 0 Å². The maximum absolute atomic E-state index is 14.2. The average Bonchev–Trinajstić information content (AvgIpc) is 2.77. The number of ether oxygens (including phenoxy) is 1. The Hall–Kier alpha value is -3.98. The van der Waals surface area contributed by atoms with Crippen molar-refractivity contribution in [3.8, 4) is 22.6 Å². The van der Waals surface area contributed by atoms with Crippen LogP contribution < -0.4 is 26.7 Å². The van der Waals surface area contributed by atoms with Crippen molar-refractivity contribution in [3.05, 3.63) is 82.8 Å². The molecule has 0 saturated heterocycles. The summed E-state index contributed by atoms with van der Waals surface area (Å²) in [6.45, 7) is 0.222. The largest absolute Gasteiger partial charge is 0.454 e. The minimum atomic E-state index is -0.864. The van der Waals surface area contributed by atoms with Gasteiger partial charge in [-0.05, 0) is 36.4 Å². The zero-order valence-electron chi connectivity index (χ0n) is 17.5. The molecule has 0 aliphatic carbocycles. The Kier molecular flexibility index (Phi) is 7.01. The van der Waals surface area contributed by atoms with Gasteiger partial charge in [0.1, 0.15) is 17.3 Å². The Morgan fingerprint density at radius 1 is 1.16 bits per heavy atom. The molecule has 1 amide bonds. The number of aryl methyl sites for hydroxylation is 1. The van der Waals surface area contributed by atoms with Crippen molar-refractivity contribution < 1.29 is 18.3 Å². The number of nitrogens with zero attached hydrogens (tertiary/aromatic N) is 1. The highest BCUT2D eigenvalue weighted by molar-refractivity contribution is 5.99. The Bertz CT molecular complexity index is 1240. The van der Waals surface area contributed by atoms with Crippen molar-refractivity contribution >= 4 is 17.3 Å². The number of rotatable bonds is 7. The van der Waals surface area contributed by atoms with Gasteiger partial charge in [0.15, 0.2) is 11.6 Å². The number of aromatic nitrogens is 1. The molecule has 0 atom stereocenters. The SMILES string of the molecule is CNc1cc(-c2cc(NC(=O)/C=C/CN)ccc2Oc2ccc(F)cc2F)cn(C)c1=O. The zero-order valence-corrected chi connectivity index (χ0v) is 17.5. The molecule has 3 rings (SSSR count). The summed E-state index contributed by atoms with van der Waals surface area (Å²) in [4.78, 5) is 24.3. The van der Waals surface area contributed by atoms with E-state index in [0.717, 1.165) is 12.1 Å². The molecule has 0 saturated carbocycles. The Balaban J connectivity index is 2.10. The van der Waals surface area contributed by atoms with Gasteiger partial charge >= 0.3 is 0 Å². The number of carbonyl (C=O) groups is 1. The van der Waals surface area contributed by atoms with Crippen molar-refractivity contribution in [1.82, 2.24) is 4.57 Å². The highest BCUT2D eigenvalue weighted by atomic mass is 19.1. The molecular formula is C23H22F2N4O3. The summed E-state index contributed by atoms with van der Waals surface area (Å²) in [6.07, 6.45) is 4.41. The number of halogens is 2. The van der Waals surface area contributed by atoms with E-state index in [2.05, 4.69) is 10.6 Å². The summed E-state index contributed by atoms with van der Waals surface area (Å²) < 4.78 is 34.6. The maximum Gasteiger partial charge on any atom is 0.273 e. The summed E-state index contributed by atoms with van der Waals surface area (Å²) in [5.41, 5.74) is 6.96. The van der Waals surface area contributed by atoms with Crippen LogP contribution in [0.4, 0.5) is 20.2 Å². The molecule has 2 aromatic carbocycles. The number of benzene rings is 2. The highest BCUT2D eigenvalue weighted by Gasteiger charge is 2.15. The van der Waals surface area contributed by atoms with E-state index in [9.17, 15) is 18.4 Å². The highest BCUT2D eigenvalue weighted by Crippen LogP contribution is 2.37. The fraction of sp³-hybridized carbons (Fsp3) is 0.130. The normalized spacial score (nSPS) is 10.9. The van der Waals surface area contributed by atoms with Gasteiger partial charge in [0.25, 0.3) is 5.56 Å². The first kappa shape index (κ1) is 22.7. The fourth-order valence-electron chi connectivity index (χ4n) is 3.00. The molecular weight excluding hydrogens is 418 g/mol. The molecule has 7 nitrogen and oxygen atoms in total. The topological polar surface area (TPSA) is 98.4 Å². The van der Waals surface area contributed by atoms with Gasteiger partial charge in [-0.2, -0.15) is 0 Å². The molecule has 0 aliphatic rings. The lowest BCUT2D eigenvalue weighted by Crippen LogP contribution is -2.19. The van der Waals surface area contributed by atoms with Gasteiger partial charge in [-0.3, -0.25) is 9.59 Å². The molecule has 1 heterocycles. The third-order valence-electron chi connectivity index (χ3n) is 4.53. The third-order valence-corrected chi connectivity index (χ3v) is 4.53. The van der Waals surface area contributed by atoms with Gasteiger partial charge in [-0.1, -0.05) is 6.08 Å². The molecule has 0 unspecified atom stereocenters.